The zero-order valence-electron chi connectivity index (χ0n) is 9.82. The van der Waals surface area contributed by atoms with E-state index in [1.165, 1.54) is 4.88 Å². The van der Waals surface area contributed by atoms with Gasteiger partial charge in [-0.15, -0.1) is 16.4 Å². The molecular formula is C12H10ClN5S. The number of tetrazole rings is 1. The summed E-state index contributed by atoms with van der Waals surface area (Å²) in [5.74, 6) is 0. The Bertz CT molecular complexity index is 647. The van der Waals surface area contributed by atoms with Gasteiger partial charge in [0.05, 0.1) is 10.7 Å². The highest BCUT2D eigenvalue weighted by Gasteiger charge is 2.00. The molecule has 0 fully saturated rings. The van der Waals surface area contributed by atoms with Crippen molar-refractivity contribution in [3.05, 3.63) is 51.9 Å². The van der Waals surface area contributed by atoms with Gasteiger partial charge >= 0.3 is 0 Å². The topological polar surface area (TPSA) is 55.6 Å². The highest BCUT2D eigenvalue weighted by atomic mass is 35.5. The number of nitrogens with one attached hydrogen (secondary N) is 1. The minimum absolute atomic E-state index is 0.765. The lowest BCUT2D eigenvalue weighted by Gasteiger charge is -2.05. The van der Waals surface area contributed by atoms with E-state index in [0.29, 0.717) is 0 Å². The highest BCUT2D eigenvalue weighted by Crippen LogP contribution is 2.20. The number of rotatable bonds is 4. The lowest BCUT2D eigenvalue weighted by Crippen LogP contribution is -1.99. The maximum Gasteiger partial charge on any atom is 0.143 e. The number of hydrogen-bond acceptors (Lipinski definition) is 5. The first kappa shape index (κ1) is 12.1. The first-order valence-corrected chi connectivity index (χ1v) is 6.87. The smallest absolute Gasteiger partial charge is 0.143 e. The molecule has 96 valence electrons. The SMILES string of the molecule is Clc1csc(CNc2ccc(-n3cnnn3)cc2)c1. The largest absolute Gasteiger partial charge is 0.380 e. The molecule has 0 saturated heterocycles. The molecule has 3 aromatic rings. The monoisotopic (exact) mass is 291 g/mol. The molecule has 1 N–H and O–H groups in total. The van der Waals surface area contributed by atoms with Crippen LogP contribution in [0.5, 0.6) is 0 Å². The number of aromatic nitrogens is 4. The predicted molar refractivity (Wildman–Crippen MR) is 75.8 cm³/mol. The van der Waals surface area contributed by atoms with Gasteiger partial charge in [0.25, 0.3) is 0 Å². The third-order valence-electron chi connectivity index (χ3n) is 2.57. The van der Waals surface area contributed by atoms with Gasteiger partial charge < -0.3 is 5.32 Å². The van der Waals surface area contributed by atoms with Gasteiger partial charge in [0.2, 0.25) is 0 Å². The van der Waals surface area contributed by atoms with E-state index in [1.54, 1.807) is 22.3 Å². The Labute approximate surface area is 118 Å². The standard InChI is InChI=1S/C12H10ClN5S/c13-9-5-12(19-7-9)6-14-10-1-3-11(4-2-10)18-8-15-16-17-18/h1-5,7-8,14H,6H2. The van der Waals surface area contributed by atoms with Crippen LogP contribution in [0.2, 0.25) is 5.02 Å². The number of anilines is 1. The molecule has 19 heavy (non-hydrogen) atoms. The van der Waals surface area contributed by atoms with Crippen molar-refractivity contribution < 1.29 is 0 Å². The second-order valence-electron chi connectivity index (χ2n) is 3.89. The fourth-order valence-corrected chi connectivity index (χ4v) is 2.66. The Kier molecular flexibility index (Phi) is 3.43. The number of halogens is 1. The van der Waals surface area contributed by atoms with Gasteiger partial charge in [-0.25, -0.2) is 4.68 Å². The molecule has 0 bridgehead atoms. The van der Waals surface area contributed by atoms with Gasteiger partial charge in [0.1, 0.15) is 6.33 Å². The third-order valence-corrected chi connectivity index (χ3v) is 3.85. The summed E-state index contributed by atoms with van der Waals surface area (Å²) in [6, 6.07) is 9.87. The normalized spacial score (nSPS) is 10.6. The zero-order valence-corrected chi connectivity index (χ0v) is 11.4. The predicted octanol–water partition coefficient (Wildman–Crippen LogP) is 2.99. The van der Waals surface area contributed by atoms with Crippen LogP contribution in [0.1, 0.15) is 4.88 Å². The molecule has 5 nitrogen and oxygen atoms in total. The average molecular weight is 292 g/mol. The van der Waals surface area contributed by atoms with Crippen molar-refractivity contribution in [3.8, 4) is 5.69 Å². The van der Waals surface area contributed by atoms with Crippen molar-refractivity contribution in [2.45, 2.75) is 6.54 Å². The van der Waals surface area contributed by atoms with E-state index in [-0.39, 0.29) is 0 Å². The van der Waals surface area contributed by atoms with Crippen LogP contribution in [0.25, 0.3) is 5.69 Å². The van der Waals surface area contributed by atoms with Crippen molar-refractivity contribution in [1.29, 1.82) is 0 Å². The Morgan fingerprint density at radius 2 is 2.11 bits per heavy atom. The summed E-state index contributed by atoms with van der Waals surface area (Å²) < 4.78 is 1.61. The summed E-state index contributed by atoms with van der Waals surface area (Å²) in [6.45, 7) is 0.765. The number of nitrogens with zero attached hydrogens (tertiary/aromatic N) is 4. The van der Waals surface area contributed by atoms with Crippen LogP contribution in [0.4, 0.5) is 5.69 Å². The van der Waals surface area contributed by atoms with E-state index in [1.807, 2.05) is 35.7 Å². The van der Waals surface area contributed by atoms with E-state index in [2.05, 4.69) is 20.8 Å². The molecule has 0 aliphatic heterocycles. The van der Waals surface area contributed by atoms with Gasteiger partial charge in [0, 0.05) is 22.5 Å². The van der Waals surface area contributed by atoms with E-state index in [0.717, 1.165) is 22.9 Å². The summed E-state index contributed by atoms with van der Waals surface area (Å²) in [6.07, 6.45) is 1.57. The van der Waals surface area contributed by atoms with Crippen LogP contribution < -0.4 is 5.32 Å². The van der Waals surface area contributed by atoms with Crippen LogP contribution in [0, 0.1) is 0 Å². The van der Waals surface area contributed by atoms with Crippen LogP contribution in [0.3, 0.4) is 0 Å². The fraction of sp³-hybridized carbons (Fsp3) is 0.0833. The zero-order chi connectivity index (χ0) is 13.1. The molecule has 0 unspecified atom stereocenters. The van der Waals surface area contributed by atoms with Crippen molar-refractivity contribution in [2.75, 3.05) is 5.32 Å². The van der Waals surface area contributed by atoms with Crippen molar-refractivity contribution in [1.82, 2.24) is 20.2 Å². The molecule has 2 aromatic heterocycles. The van der Waals surface area contributed by atoms with Crippen molar-refractivity contribution in [2.24, 2.45) is 0 Å². The van der Waals surface area contributed by atoms with E-state index < -0.39 is 0 Å². The Morgan fingerprint density at radius 3 is 2.74 bits per heavy atom. The third kappa shape index (κ3) is 2.91. The first-order chi connectivity index (χ1) is 9.31. The molecule has 0 atom stereocenters. The lowest BCUT2D eigenvalue weighted by molar-refractivity contribution is 0.789. The minimum atomic E-state index is 0.765. The Hall–Kier alpha value is -1.92. The number of hydrogen-bond donors (Lipinski definition) is 1. The second kappa shape index (κ2) is 5.38. The quantitative estimate of drug-likeness (QED) is 0.803. The highest BCUT2D eigenvalue weighted by molar-refractivity contribution is 7.10. The molecule has 0 aliphatic rings. The van der Waals surface area contributed by atoms with Crippen LogP contribution in [-0.2, 0) is 6.54 Å². The summed E-state index contributed by atoms with van der Waals surface area (Å²) >= 11 is 7.53. The molecule has 2 heterocycles. The summed E-state index contributed by atoms with van der Waals surface area (Å²) in [4.78, 5) is 1.20. The Balaban J connectivity index is 1.66. The molecule has 7 heteroatoms. The maximum atomic E-state index is 5.88. The molecule has 0 spiro atoms. The van der Waals surface area contributed by atoms with Crippen LogP contribution in [-0.4, -0.2) is 20.2 Å². The summed E-state index contributed by atoms with van der Waals surface area (Å²) in [5, 5.41) is 17.1. The average Bonchev–Trinajstić information content (AvgIpc) is 3.08. The van der Waals surface area contributed by atoms with Gasteiger partial charge in [-0.3, -0.25) is 0 Å². The molecular weight excluding hydrogens is 282 g/mol. The van der Waals surface area contributed by atoms with Gasteiger partial charge in [0.15, 0.2) is 0 Å². The van der Waals surface area contributed by atoms with Gasteiger partial charge in [-0.2, -0.15) is 0 Å². The van der Waals surface area contributed by atoms with E-state index in [4.69, 9.17) is 11.6 Å². The summed E-state index contributed by atoms with van der Waals surface area (Å²) in [7, 11) is 0. The van der Waals surface area contributed by atoms with Gasteiger partial charge in [-0.1, -0.05) is 11.6 Å². The van der Waals surface area contributed by atoms with Crippen molar-refractivity contribution in [3.63, 3.8) is 0 Å². The minimum Gasteiger partial charge on any atom is -0.380 e. The van der Waals surface area contributed by atoms with Crippen LogP contribution >= 0.6 is 22.9 Å². The molecule has 1 aromatic carbocycles. The van der Waals surface area contributed by atoms with Crippen molar-refractivity contribution >= 4 is 28.6 Å². The maximum absolute atomic E-state index is 5.88. The second-order valence-corrected chi connectivity index (χ2v) is 5.32. The summed E-state index contributed by atoms with van der Waals surface area (Å²) in [5.41, 5.74) is 1.97. The Morgan fingerprint density at radius 1 is 1.26 bits per heavy atom. The van der Waals surface area contributed by atoms with E-state index in [9.17, 15) is 0 Å². The fourth-order valence-electron chi connectivity index (χ4n) is 1.65. The molecule has 0 amide bonds. The molecule has 0 radical (unpaired) electrons. The molecule has 0 aliphatic carbocycles. The number of benzene rings is 1. The first-order valence-electron chi connectivity index (χ1n) is 5.61. The molecule has 3 rings (SSSR count). The lowest BCUT2D eigenvalue weighted by atomic mass is 10.3. The molecule has 0 saturated carbocycles. The number of thiophene rings is 1. The van der Waals surface area contributed by atoms with E-state index >= 15 is 0 Å². The van der Waals surface area contributed by atoms with Gasteiger partial charge in [-0.05, 0) is 40.8 Å². The van der Waals surface area contributed by atoms with Crippen LogP contribution in [0.15, 0.2) is 42.0 Å².